The lowest BCUT2D eigenvalue weighted by atomic mass is 9.99. The first-order valence-corrected chi connectivity index (χ1v) is 10.1. The zero-order valence-corrected chi connectivity index (χ0v) is 17.3. The van der Waals surface area contributed by atoms with Gasteiger partial charge in [-0.05, 0) is 43.8 Å². The van der Waals surface area contributed by atoms with Crippen LogP contribution in [0.25, 0.3) is 0 Å². The molecule has 2 unspecified atom stereocenters. The molecule has 0 saturated heterocycles. The summed E-state index contributed by atoms with van der Waals surface area (Å²) in [4.78, 5) is 22.2. The lowest BCUT2D eigenvalue weighted by Gasteiger charge is -2.31. The van der Waals surface area contributed by atoms with Gasteiger partial charge in [0.05, 0.1) is 6.10 Å². The quantitative estimate of drug-likeness (QED) is 0.635. The third kappa shape index (κ3) is 6.65. The number of amides is 1. The molecule has 3 rings (SSSR count). The molecule has 2 aromatic carbocycles. The second kappa shape index (κ2) is 10.5. The van der Waals surface area contributed by atoms with E-state index in [2.05, 4.69) is 34.6 Å². The number of likely N-dealkylation sites (N-methyl/N-ethyl adjacent to an activating group) is 1. The summed E-state index contributed by atoms with van der Waals surface area (Å²) in [7, 11) is 3.90. The fraction of sp³-hybridized carbons (Fsp3) is 0.435. The van der Waals surface area contributed by atoms with Crippen LogP contribution in [0.3, 0.4) is 0 Å². The molecule has 0 aromatic heterocycles. The zero-order chi connectivity index (χ0) is 20.6. The summed E-state index contributed by atoms with van der Waals surface area (Å²) in [5, 5.41) is 10.7. The molecule has 29 heavy (non-hydrogen) atoms. The van der Waals surface area contributed by atoms with Crippen LogP contribution in [0.2, 0.25) is 0 Å². The Kier molecular flexibility index (Phi) is 7.77. The number of carbonyl (C=O) groups is 1. The van der Waals surface area contributed by atoms with Crippen LogP contribution in [-0.4, -0.2) is 66.8 Å². The van der Waals surface area contributed by atoms with Crippen molar-refractivity contribution in [1.29, 1.82) is 0 Å². The minimum atomic E-state index is -0.529. The molecule has 156 valence electrons. The zero-order valence-electron chi connectivity index (χ0n) is 17.3. The molecule has 0 aliphatic carbocycles. The Hall–Kier alpha value is -2.25. The van der Waals surface area contributed by atoms with Crippen molar-refractivity contribution in [2.45, 2.75) is 31.6 Å². The summed E-state index contributed by atoms with van der Waals surface area (Å²) in [6, 6.07) is 17.4. The second-order valence-corrected chi connectivity index (χ2v) is 7.94. The van der Waals surface area contributed by atoms with Gasteiger partial charge in [0.15, 0.2) is 0 Å². The fourth-order valence-corrected chi connectivity index (χ4v) is 3.74. The predicted molar refractivity (Wildman–Crippen MR) is 113 cm³/mol. The molecule has 1 amide bonds. The van der Waals surface area contributed by atoms with Crippen LogP contribution in [0.15, 0.2) is 54.6 Å². The van der Waals surface area contributed by atoms with Crippen molar-refractivity contribution < 1.29 is 14.7 Å². The Bertz CT molecular complexity index is 782. The highest BCUT2D eigenvalue weighted by Gasteiger charge is 2.22. The SMILES string of the molecule is CN(C)CC(CC(O)CN1CCc2ccccc2C1)ONC(=O)c1ccccc1. The van der Waals surface area contributed by atoms with E-state index in [0.717, 1.165) is 19.5 Å². The van der Waals surface area contributed by atoms with E-state index in [1.54, 1.807) is 12.1 Å². The van der Waals surface area contributed by atoms with E-state index in [1.165, 1.54) is 11.1 Å². The number of carbonyl (C=O) groups excluding carboxylic acids is 1. The van der Waals surface area contributed by atoms with Crippen molar-refractivity contribution in [2.24, 2.45) is 0 Å². The maximum atomic E-state index is 12.2. The van der Waals surface area contributed by atoms with E-state index in [-0.39, 0.29) is 12.0 Å². The van der Waals surface area contributed by atoms with Gasteiger partial charge in [-0.15, -0.1) is 0 Å². The smallest absolute Gasteiger partial charge is 0.274 e. The van der Waals surface area contributed by atoms with E-state index >= 15 is 0 Å². The van der Waals surface area contributed by atoms with Crippen LogP contribution in [0, 0.1) is 0 Å². The number of hydrogen-bond acceptors (Lipinski definition) is 5. The number of nitrogens with one attached hydrogen (secondary N) is 1. The Balaban J connectivity index is 1.50. The predicted octanol–water partition coefficient (Wildman–Crippen LogP) is 2.09. The summed E-state index contributed by atoms with van der Waals surface area (Å²) < 4.78 is 0. The van der Waals surface area contributed by atoms with Crippen LogP contribution in [-0.2, 0) is 17.8 Å². The highest BCUT2D eigenvalue weighted by Crippen LogP contribution is 2.19. The van der Waals surface area contributed by atoms with Crippen LogP contribution < -0.4 is 5.48 Å². The van der Waals surface area contributed by atoms with Crippen molar-refractivity contribution in [3.63, 3.8) is 0 Å². The van der Waals surface area contributed by atoms with Crippen molar-refractivity contribution in [2.75, 3.05) is 33.7 Å². The van der Waals surface area contributed by atoms with Gasteiger partial charge in [0, 0.05) is 38.2 Å². The molecule has 0 radical (unpaired) electrons. The molecular formula is C23H31N3O3. The molecule has 0 spiro atoms. The van der Waals surface area contributed by atoms with Crippen LogP contribution >= 0.6 is 0 Å². The number of hydroxylamine groups is 1. The lowest BCUT2D eigenvalue weighted by Crippen LogP contribution is -2.42. The molecule has 2 N–H and O–H groups in total. The van der Waals surface area contributed by atoms with E-state index < -0.39 is 6.10 Å². The number of nitrogens with zero attached hydrogens (tertiary/aromatic N) is 2. The highest BCUT2D eigenvalue weighted by atomic mass is 16.7. The number of benzene rings is 2. The number of hydrogen-bond donors (Lipinski definition) is 2. The van der Waals surface area contributed by atoms with E-state index in [1.807, 2.05) is 37.2 Å². The summed E-state index contributed by atoms with van der Waals surface area (Å²) in [6.07, 6.45) is 0.627. The van der Waals surface area contributed by atoms with Gasteiger partial charge in [-0.2, -0.15) is 0 Å². The molecule has 1 heterocycles. The topological polar surface area (TPSA) is 65.0 Å². The molecule has 6 nitrogen and oxygen atoms in total. The third-order valence-corrected chi connectivity index (χ3v) is 5.14. The number of β-amino-alcohol motifs (C(OH)–C–C–N with tert-alkyl or cyclic N) is 1. The Morgan fingerprint density at radius 1 is 1.14 bits per heavy atom. The average Bonchev–Trinajstić information content (AvgIpc) is 2.72. The summed E-state index contributed by atoms with van der Waals surface area (Å²) in [5.74, 6) is -0.281. The first kappa shape index (κ1) is 21.5. The van der Waals surface area contributed by atoms with Crippen molar-refractivity contribution in [1.82, 2.24) is 15.3 Å². The average molecular weight is 398 g/mol. The third-order valence-electron chi connectivity index (χ3n) is 5.14. The van der Waals surface area contributed by atoms with Gasteiger partial charge in [-0.25, -0.2) is 5.48 Å². The van der Waals surface area contributed by atoms with Crippen molar-refractivity contribution >= 4 is 5.91 Å². The normalized spacial score (nSPS) is 16.3. The van der Waals surface area contributed by atoms with Gasteiger partial charge in [0.2, 0.25) is 0 Å². The fourth-order valence-electron chi connectivity index (χ4n) is 3.74. The Morgan fingerprint density at radius 2 is 1.83 bits per heavy atom. The molecule has 1 aliphatic heterocycles. The molecule has 2 aromatic rings. The maximum absolute atomic E-state index is 12.2. The molecule has 2 atom stereocenters. The van der Waals surface area contributed by atoms with E-state index in [4.69, 9.17) is 4.84 Å². The number of rotatable bonds is 9. The van der Waals surface area contributed by atoms with Gasteiger partial charge < -0.3 is 10.0 Å². The van der Waals surface area contributed by atoms with Crippen LogP contribution in [0.4, 0.5) is 0 Å². The van der Waals surface area contributed by atoms with Gasteiger partial charge in [-0.1, -0.05) is 42.5 Å². The largest absolute Gasteiger partial charge is 0.392 e. The number of aliphatic hydroxyl groups excluding tert-OH is 1. The van der Waals surface area contributed by atoms with Gasteiger partial charge in [0.25, 0.3) is 5.91 Å². The Labute approximate surface area is 173 Å². The van der Waals surface area contributed by atoms with Gasteiger partial charge in [0.1, 0.15) is 6.10 Å². The lowest BCUT2D eigenvalue weighted by molar-refractivity contribution is -0.0499. The number of aliphatic hydroxyl groups is 1. The van der Waals surface area contributed by atoms with E-state index in [9.17, 15) is 9.90 Å². The summed E-state index contributed by atoms with van der Waals surface area (Å²) in [6.45, 7) is 3.00. The summed E-state index contributed by atoms with van der Waals surface area (Å²) >= 11 is 0. The standard InChI is InChI=1S/C23H31N3O3/c1-25(2)17-22(29-24-23(28)19-9-4-3-5-10-19)14-21(27)16-26-13-12-18-8-6-7-11-20(18)15-26/h3-11,21-22,27H,12-17H2,1-2H3,(H,24,28). The molecule has 6 heteroatoms. The minimum Gasteiger partial charge on any atom is -0.392 e. The maximum Gasteiger partial charge on any atom is 0.274 e. The van der Waals surface area contributed by atoms with Crippen LogP contribution in [0.1, 0.15) is 27.9 Å². The monoisotopic (exact) mass is 397 g/mol. The molecular weight excluding hydrogens is 366 g/mol. The van der Waals surface area contributed by atoms with Gasteiger partial charge >= 0.3 is 0 Å². The first-order chi connectivity index (χ1) is 14.0. The molecule has 0 bridgehead atoms. The molecule has 1 aliphatic rings. The number of fused-ring (bicyclic) bond motifs is 1. The Morgan fingerprint density at radius 3 is 2.55 bits per heavy atom. The van der Waals surface area contributed by atoms with E-state index in [0.29, 0.717) is 25.1 Å². The summed E-state index contributed by atoms with van der Waals surface area (Å²) in [5.41, 5.74) is 5.82. The highest BCUT2D eigenvalue weighted by molar-refractivity contribution is 5.93. The van der Waals surface area contributed by atoms with Crippen molar-refractivity contribution in [3.8, 4) is 0 Å². The second-order valence-electron chi connectivity index (χ2n) is 7.94. The van der Waals surface area contributed by atoms with Gasteiger partial charge in [-0.3, -0.25) is 14.5 Å². The van der Waals surface area contributed by atoms with Crippen LogP contribution in [0.5, 0.6) is 0 Å². The minimum absolute atomic E-state index is 0.281. The molecule has 0 fully saturated rings. The molecule has 0 saturated carbocycles. The van der Waals surface area contributed by atoms with Crippen molar-refractivity contribution in [3.05, 3.63) is 71.3 Å². The first-order valence-electron chi connectivity index (χ1n) is 10.1.